The molecule has 3 aromatic rings. The molecule has 0 fully saturated rings. The van der Waals surface area contributed by atoms with Crippen molar-refractivity contribution in [3.05, 3.63) is 106 Å². The zero-order valence-corrected chi connectivity index (χ0v) is 18.4. The Labute approximate surface area is 194 Å². The molecule has 2 atom stereocenters. The van der Waals surface area contributed by atoms with E-state index < -0.39 is 18.3 Å². The van der Waals surface area contributed by atoms with Crippen molar-refractivity contribution in [1.29, 1.82) is 0 Å². The van der Waals surface area contributed by atoms with Crippen molar-refractivity contribution >= 4 is 29.3 Å². The normalized spacial score (nSPS) is 18.1. The second-order valence-corrected chi connectivity index (χ2v) is 8.47. The molecule has 0 aliphatic carbocycles. The number of nitrogens with zero attached hydrogens (tertiary/aromatic N) is 1. The fourth-order valence-corrected chi connectivity index (χ4v) is 3.97. The van der Waals surface area contributed by atoms with Crippen LogP contribution in [0.1, 0.15) is 22.8 Å². The largest absolute Gasteiger partial charge is 0.484 e. The molecule has 0 saturated heterocycles. The van der Waals surface area contributed by atoms with E-state index in [4.69, 9.17) is 27.9 Å². The maximum atomic E-state index is 14.2. The molecule has 4 rings (SSSR count). The van der Waals surface area contributed by atoms with Crippen LogP contribution in [0.15, 0.2) is 78.9 Å². The van der Waals surface area contributed by atoms with Gasteiger partial charge in [-0.1, -0.05) is 77.8 Å². The summed E-state index contributed by atoms with van der Waals surface area (Å²) in [5, 5.41) is 1.08. The van der Waals surface area contributed by atoms with Gasteiger partial charge in [-0.25, -0.2) is 0 Å². The summed E-state index contributed by atoms with van der Waals surface area (Å²) >= 11 is 11.9. The first-order valence-corrected chi connectivity index (χ1v) is 10.8. The average Bonchev–Trinajstić information content (AvgIpc) is 2.94. The Morgan fingerprint density at radius 1 is 0.906 bits per heavy atom. The summed E-state index contributed by atoms with van der Waals surface area (Å²) in [5.74, 6) is 0.581. The molecular formula is C25H20Cl2F3NO. The Morgan fingerprint density at radius 2 is 1.53 bits per heavy atom. The second-order valence-electron chi connectivity index (χ2n) is 7.59. The zero-order valence-electron chi connectivity index (χ0n) is 16.9. The van der Waals surface area contributed by atoms with Gasteiger partial charge in [0.15, 0.2) is 0 Å². The summed E-state index contributed by atoms with van der Waals surface area (Å²) in [5.41, 5.74) is 2.11. The molecule has 1 aliphatic rings. The summed E-state index contributed by atoms with van der Waals surface area (Å²) in [6.45, 7) is 0.168. The highest BCUT2D eigenvalue weighted by molar-refractivity contribution is 6.30. The number of halogens is 5. The summed E-state index contributed by atoms with van der Waals surface area (Å²) in [4.78, 5) is 1.40. The number of benzene rings is 3. The van der Waals surface area contributed by atoms with Gasteiger partial charge in [0.05, 0.1) is 0 Å². The number of hydrogen-bond donors (Lipinski definition) is 0. The van der Waals surface area contributed by atoms with Crippen LogP contribution in [-0.4, -0.2) is 23.7 Å². The third-order valence-corrected chi connectivity index (χ3v) is 5.83. The van der Waals surface area contributed by atoms with Crippen LogP contribution in [0.25, 0.3) is 6.08 Å². The van der Waals surface area contributed by atoms with Gasteiger partial charge >= 0.3 is 6.18 Å². The predicted octanol–water partition coefficient (Wildman–Crippen LogP) is 7.57. The van der Waals surface area contributed by atoms with Crippen molar-refractivity contribution in [3.8, 4) is 5.75 Å². The van der Waals surface area contributed by atoms with Gasteiger partial charge in [-0.05, 0) is 41.5 Å². The number of ether oxygens (including phenoxy) is 1. The summed E-state index contributed by atoms with van der Waals surface area (Å²) < 4.78 is 48.7. The highest BCUT2D eigenvalue weighted by Crippen LogP contribution is 2.36. The topological polar surface area (TPSA) is 12.5 Å². The first-order valence-electron chi connectivity index (χ1n) is 10.0. The molecule has 2 nitrogen and oxygen atoms in total. The minimum atomic E-state index is -4.47. The van der Waals surface area contributed by atoms with Gasteiger partial charge in [0.2, 0.25) is 0 Å². The van der Waals surface area contributed by atoms with Gasteiger partial charge in [-0.3, -0.25) is 4.90 Å². The van der Waals surface area contributed by atoms with Gasteiger partial charge in [-0.2, -0.15) is 13.2 Å². The highest BCUT2D eigenvalue weighted by Gasteiger charge is 2.43. The first-order chi connectivity index (χ1) is 15.3. The quantitative estimate of drug-likeness (QED) is 0.384. The van der Waals surface area contributed by atoms with Crippen LogP contribution in [0.2, 0.25) is 10.0 Å². The highest BCUT2D eigenvalue weighted by atomic mass is 35.5. The van der Waals surface area contributed by atoms with E-state index in [0.29, 0.717) is 26.9 Å². The van der Waals surface area contributed by atoms with Crippen LogP contribution >= 0.6 is 23.2 Å². The smallest absolute Gasteiger partial charge is 0.407 e. The molecule has 0 bridgehead atoms. The first kappa shape index (κ1) is 22.7. The lowest BCUT2D eigenvalue weighted by molar-refractivity contribution is -0.173. The Bertz CT molecular complexity index is 1080. The van der Waals surface area contributed by atoms with Crippen molar-refractivity contribution in [2.24, 2.45) is 0 Å². The minimum Gasteiger partial charge on any atom is -0.484 e. The van der Waals surface area contributed by atoms with Crippen LogP contribution < -0.4 is 4.74 Å². The van der Waals surface area contributed by atoms with Crippen molar-refractivity contribution in [2.45, 2.75) is 24.9 Å². The lowest BCUT2D eigenvalue weighted by atomic mass is 10.1. The molecule has 0 radical (unpaired) electrons. The number of rotatable bonds is 4. The Balaban J connectivity index is 1.70. The van der Waals surface area contributed by atoms with Gasteiger partial charge < -0.3 is 4.74 Å². The van der Waals surface area contributed by atoms with E-state index in [-0.39, 0.29) is 13.1 Å². The third-order valence-electron chi connectivity index (χ3n) is 5.33. The van der Waals surface area contributed by atoms with Gasteiger partial charge in [0, 0.05) is 28.7 Å². The molecule has 0 spiro atoms. The summed E-state index contributed by atoms with van der Waals surface area (Å²) in [6, 6.07) is 19.1. The van der Waals surface area contributed by atoms with E-state index in [1.54, 1.807) is 66.7 Å². The molecule has 166 valence electrons. The molecule has 7 heteroatoms. The Kier molecular flexibility index (Phi) is 6.79. The molecule has 0 amide bonds. The number of para-hydroxylation sites is 1. The van der Waals surface area contributed by atoms with E-state index in [1.807, 2.05) is 6.07 Å². The Hall–Kier alpha value is -2.47. The third kappa shape index (κ3) is 5.47. The van der Waals surface area contributed by atoms with Crippen LogP contribution in [0.4, 0.5) is 13.2 Å². The molecule has 32 heavy (non-hydrogen) atoms. The van der Waals surface area contributed by atoms with Crippen LogP contribution in [0.3, 0.4) is 0 Å². The Morgan fingerprint density at radius 3 is 2.19 bits per heavy atom. The molecular weight excluding hydrogens is 458 g/mol. The van der Waals surface area contributed by atoms with Crippen molar-refractivity contribution in [1.82, 2.24) is 4.90 Å². The lowest BCUT2D eigenvalue weighted by Crippen LogP contribution is -2.45. The van der Waals surface area contributed by atoms with E-state index in [1.165, 1.54) is 17.1 Å². The lowest BCUT2D eigenvalue weighted by Gasteiger charge is -2.31. The van der Waals surface area contributed by atoms with E-state index in [0.717, 1.165) is 5.56 Å². The van der Waals surface area contributed by atoms with Crippen molar-refractivity contribution in [2.75, 3.05) is 6.54 Å². The monoisotopic (exact) mass is 477 g/mol. The SMILES string of the molecule is FC(F)(F)C(/C=C/c1ccc(Cl)cc1)N1Cc2ccccc2OC(c2ccc(Cl)cc2)C1. The van der Waals surface area contributed by atoms with Gasteiger partial charge in [0.1, 0.15) is 17.9 Å². The second kappa shape index (κ2) is 9.57. The molecule has 0 N–H and O–H groups in total. The van der Waals surface area contributed by atoms with E-state index >= 15 is 0 Å². The standard InChI is InChI=1S/C25H20Cl2F3NO/c26-20-10-5-17(6-11-20)7-14-24(25(28,29)30)31-15-19-3-1-2-4-22(19)32-23(16-31)18-8-12-21(27)13-9-18/h1-14,23-24H,15-16H2/b14-7+. The van der Waals surface area contributed by atoms with Gasteiger partial charge in [-0.15, -0.1) is 0 Å². The molecule has 1 aliphatic heterocycles. The number of alkyl halides is 3. The van der Waals surface area contributed by atoms with Crippen LogP contribution in [-0.2, 0) is 6.54 Å². The maximum absolute atomic E-state index is 14.2. The van der Waals surface area contributed by atoms with Gasteiger partial charge in [0.25, 0.3) is 0 Å². The predicted molar refractivity (Wildman–Crippen MR) is 122 cm³/mol. The molecule has 3 aromatic carbocycles. The maximum Gasteiger partial charge on any atom is 0.407 e. The minimum absolute atomic E-state index is 0.0610. The molecule has 0 aromatic heterocycles. The zero-order chi connectivity index (χ0) is 22.7. The number of hydrogen-bond acceptors (Lipinski definition) is 2. The fourth-order valence-electron chi connectivity index (χ4n) is 3.71. The summed E-state index contributed by atoms with van der Waals surface area (Å²) in [6.07, 6.45) is -2.38. The van der Waals surface area contributed by atoms with Crippen molar-refractivity contribution < 1.29 is 17.9 Å². The van der Waals surface area contributed by atoms with Crippen molar-refractivity contribution in [3.63, 3.8) is 0 Å². The number of fused-ring (bicyclic) bond motifs is 1. The van der Waals surface area contributed by atoms with Crippen LogP contribution in [0, 0.1) is 0 Å². The molecule has 0 saturated carbocycles. The average molecular weight is 478 g/mol. The fraction of sp³-hybridized carbons (Fsp3) is 0.200. The summed E-state index contributed by atoms with van der Waals surface area (Å²) in [7, 11) is 0. The van der Waals surface area contributed by atoms with Crippen LogP contribution in [0.5, 0.6) is 5.75 Å². The van der Waals surface area contributed by atoms with E-state index in [9.17, 15) is 13.2 Å². The molecule has 2 unspecified atom stereocenters. The van der Waals surface area contributed by atoms with E-state index in [2.05, 4.69) is 0 Å². The molecule has 1 heterocycles.